The van der Waals surface area contributed by atoms with Gasteiger partial charge in [0, 0.05) is 69.1 Å². The van der Waals surface area contributed by atoms with Crippen LogP contribution in [0, 0.1) is 12.8 Å². The topological polar surface area (TPSA) is 129 Å². The maximum atomic E-state index is 12.6. The fraction of sp³-hybridized carbons (Fsp3) is 0.371. The monoisotopic (exact) mass is 665 g/mol. The number of hydrogen-bond acceptors (Lipinski definition) is 9. The van der Waals surface area contributed by atoms with Gasteiger partial charge in [-0.15, -0.1) is 0 Å². The molecular weight excluding hydrogens is 628 g/mol. The molecule has 2 aliphatic heterocycles. The molecule has 4 radical (unpaired) electrons. The van der Waals surface area contributed by atoms with E-state index in [9.17, 15) is 9.59 Å². The first-order valence-electron chi connectivity index (χ1n) is 16.8. The van der Waals surface area contributed by atoms with E-state index in [0.717, 1.165) is 46.7 Å². The Morgan fingerprint density at radius 3 is 2.52 bits per heavy atom. The van der Waals surface area contributed by atoms with E-state index in [-0.39, 0.29) is 29.8 Å². The number of pyridine rings is 1. The van der Waals surface area contributed by atoms with Crippen molar-refractivity contribution in [3.63, 3.8) is 0 Å². The molecule has 6 heterocycles. The maximum Gasteiger partial charge on any atom is 0.271 e. The molecule has 1 saturated heterocycles. The molecule has 0 bridgehead atoms. The van der Waals surface area contributed by atoms with Crippen molar-refractivity contribution in [1.29, 1.82) is 0 Å². The lowest BCUT2D eigenvalue weighted by Crippen LogP contribution is -2.60. The third kappa shape index (κ3) is 5.31. The SMILES string of the molecule is [B]C([B])(c1cccc(C(=O)N(C)C)n1)N1CC(n2ncc3c2[C@H](C)N(C)c2c(Nc4cc(NC(=O)C5CC5)nc5cc(C)nn45)cccc2-3)C1. The van der Waals surface area contributed by atoms with E-state index in [1.807, 2.05) is 42.3 Å². The molecular formula is C35H37B2N11O2. The Labute approximate surface area is 292 Å². The third-order valence-corrected chi connectivity index (χ3v) is 10.0. The van der Waals surface area contributed by atoms with Crippen LogP contribution in [0.1, 0.15) is 59.4 Å². The van der Waals surface area contributed by atoms with Crippen molar-refractivity contribution < 1.29 is 9.59 Å². The number of amides is 2. The Balaban J connectivity index is 1.07. The number of carbonyl (C=O) groups is 2. The first-order chi connectivity index (χ1) is 23.9. The zero-order valence-corrected chi connectivity index (χ0v) is 28.8. The fourth-order valence-electron chi connectivity index (χ4n) is 6.94. The Kier molecular flexibility index (Phi) is 7.51. The maximum absolute atomic E-state index is 12.6. The molecule has 15 heteroatoms. The third-order valence-electron chi connectivity index (χ3n) is 10.0. The Bertz CT molecular complexity index is 2170. The lowest BCUT2D eigenvalue weighted by Gasteiger charge is -2.50. The molecule has 13 nitrogen and oxygen atoms in total. The van der Waals surface area contributed by atoms with Gasteiger partial charge in [-0.25, -0.2) is 9.97 Å². The summed E-state index contributed by atoms with van der Waals surface area (Å²) >= 11 is 0. The number of nitrogens with zero attached hydrogens (tertiary/aromatic N) is 9. The number of benzene rings is 1. The van der Waals surface area contributed by atoms with Crippen LogP contribution in [-0.4, -0.2) is 101 Å². The van der Waals surface area contributed by atoms with Crippen LogP contribution in [0.2, 0.25) is 0 Å². The second-order valence-corrected chi connectivity index (χ2v) is 13.8. The number of fused-ring (bicyclic) bond motifs is 4. The van der Waals surface area contributed by atoms with Crippen LogP contribution in [-0.2, 0) is 10.1 Å². The normalized spacial score (nSPS) is 17.6. The standard InChI is InChI=1S/C35H37B2N11O2/c1-19-14-29-41-28(42-33(49)21-12-13-21)15-30(48(29)43-19)40-25-9-6-8-23-24-16-38-47(31(24)20(2)45(5)32(23)25)22-17-46(18-22)35(36,37)27-11-7-10-26(39-27)34(50)44(3)4/h6-11,14-16,20-22,40H,12-13,17-18H2,1-5H3,(H,41,42,49)/t20-/m0/s1. The summed E-state index contributed by atoms with van der Waals surface area (Å²) in [5.41, 5.74) is 7.34. The molecule has 0 spiro atoms. The van der Waals surface area contributed by atoms with Crippen LogP contribution in [0.3, 0.4) is 0 Å². The van der Waals surface area contributed by atoms with E-state index in [0.29, 0.717) is 41.8 Å². The summed E-state index contributed by atoms with van der Waals surface area (Å²) in [5.74, 6) is 1.04. The van der Waals surface area contributed by atoms with Gasteiger partial charge in [0.15, 0.2) is 5.65 Å². The molecule has 4 aromatic heterocycles. The molecule has 1 saturated carbocycles. The van der Waals surface area contributed by atoms with Crippen LogP contribution < -0.4 is 15.5 Å². The number of para-hydroxylation sites is 1. The van der Waals surface area contributed by atoms with Gasteiger partial charge in [0.1, 0.15) is 17.3 Å². The van der Waals surface area contributed by atoms with Gasteiger partial charge < -0.3 is 25.3 Å². The molecule has 0 unspecified atom stereocenters. The second-order valence-electron chi connectivity index (χ2n) is 13.8. The molecule has 2 fully saturated rings. The molecule has 2 N–H and O–H groups in total. The van der Waals surface area contributed by atoms with Crippen LogP contribution in [0.5, 0.6) is 0 Å². The van der Waals surface area contributed by atoms with Gasteiger partial charge in [0.05, 0.1) is 56.7 Å². The summed E-state index contributed by atoms with van der Waals surface area (Å²) in [5, 5.41) is 14.8. The predicted molar refractivity (Wildman–Crippen MR) is 193 cm³/mol. The Morgan fingerprint density at radius 1 is 1.02 bits per heavy atom. The first-order valence-corrected chi connectivity index (χ1v) is 16.8. The molecule has 1 aliphatic carbocycles. The predicted octanol–water partition coefficient (Wildman–Crippen LogP) is 3.61. The molecule has 2 amide bonds. The van der Waals surface area contributed by atoms with Gasteiger partial charge in [-0.1, -0.05) is 18.2 Å². The van der Waals surface area contributed by atoms with E-state index in [2.05, 4.69) is 55.3 Å². The van der Waals surface area contributed by atoms with Crippen molar-refractivity contribution in [3.05, 3.63) is 77.5 Å². The summed E-state index contributed by atoms with van der Waals surface area (Å²) < 4.78 is 3.86. The van der Waals surface area contributed by atoms with Gasteiger partial charge in [0.2, 0.25) is 5.91 Å². The highest BCUT2D eigenvalue weighted by atomic mass is 16.2. The van der Waals surface area contributed by atoms with Crippen molar-refractivity contribution in [2.45, 2.75) is 44.1 Å². The number of aromatic nitrogens is 6. The van der Waals surface area contributed by atoms with E-state index in [1.165, 1.54) is 4.90 Å². The van der Waals surface area contributed by atoms with Crippen molar-refractivity contribution in [2.75, 3.05) is 49.8 Å². The van der Waals surface area contributed by atoms with Gasteiger partial charge in [0.25, 0.3) is 5.91 Å². The molecule has 1 aromatic carbocycles. The summed E-state index contributed by atoms with van der Waals surface area (Å²) in [7, 11) is 18.8. The van der Waals surface area contributed by atoms with Gasteiger partial charge >= 0.3 is 0 Å². The summed E-state index contributed by atoms with van der Waals surface area (Å²) in [4.78, 5) is 40.0. The fourth-order valence-corrected chi connectivity index (χ4v) is 6.94. The highest BCUT2D eigenvalue weighted by molar-refractivity contribution is 6.39. The van der Waals surface area contributed by atoms with Crippen LogP contribution in [0.25, 0.3) is 16.8 Å². The number of hydrogen-bond donors (Lipinski definition) is 2. The minimum atomic E-state index is -1.35. The molecule has 50 heavy (non-hydrogen) atoms. The van der Waals surface area contributed by atoms with Crippen molar-refractivity contribution >= 4 is 56.2 Å². The minimum Gasteiger partial charge on any atom is -0.364 e. The quantitative estimate of drug-likeness (QED) is 0.239. The average Bonchev–Trinajstić information content (AvgIpc) is 3.72. The van der Waals surface area contributed by atoms with Crippen LogP contribution in [0.4, 0.5) is 23.0 Å². The zero-order valence-electron chi connectivity index (χ0n) is 28.8. The van der Waals surface area contributed by atoms with E-state index >= 15 is 0 Å². The number of aryl methyl sites for hydroxylation is 1. The van der Waals surface area contributed by atoms with Crippen molar-refractivity contribution in [2.24, 2.45) is 5.92 Å². The van der Waals surface area contributed by atoms with Crippen molar-refractivity contribution in [3.8, 4) is 11.1 Å². The van der Waals surface area contributed by atoms with E-state index < -0.39 is 5.34 Å². The summed E-state index contributed by atoms with van der Waals surface area (Å²) in [6.45, 7) is 5.24. The highest BCUT2D eigenvalue weighted by Crippen LogP contribution is 2.49. The molecule has 8 rings (SSSR count). The molecule has 3 aliphatic rings. The van der Waals surface area contributed by atoms with Crippen LogP contribution in [0.15, 0.2) is 54.7 Å². The number of anilines is 4. The second kappa shape index (κ2) is 11.7. The van der Waals surface area contributed by atoms with Crippen molar-refractivity contribution in [1.82, 2.24) is 39.2 Å². The summed E-state index contributed by atoms with van der Waals surface area (Å²) in [6, 6.07) is 15.1. The van der Waals surface area contributed by atoms with Gasteiger partial charge in [-0.2, -0.15) is 14.7 Å². The molecule has 1 atom stereocenters. The highest BCUT2D eigenvalue weighted by Gasteiger charge is 2.42. The van der Waals surface area contributed by atoms with E-state index in [1.54, 1.807) is 36.8 Å². The van der Waals surface area contributed by atoms with Gasteiger partial charge in [-0.3, -0.25) is 14.3 Å². The Hall–Kier alpha value is -5.17. The summed E-state index contributed by atoms with van der Waals surface area (Å²) in [6.07, 6.45) is 3.76. The smallest absolute Gasteiger partial charge is 0.271 e. The van der Waals surface area contributed by atoms with Crippen LogP contribution >= 0.6 is 0 Å². The zero-order chi connectivity index (χ0) is 35.1. The minimum absolute atomic E-state index is 0.000194. The lowest BCUT2D eigenvalue weighted by molar-refractivity contribution is -0.117. The molecule has 250 valence electrons. The Morgan fingerprint density at radius 2 is 1.78 bits per heavy atom. The number of likely N-dealkylation sites (tertiary alicyclic amines) is 1. The first kappa shape index (κ1) is 32.1. The lowest BCUT2D eigenvalue weighted by atomic mass is 9.57. The number of carbonyl (C=O) groups excluding carboxylic acids is 2. The average molecular weight is 665 g/mol. The largest absolute Gasteiger partial charge is 0.364 e. The number of nitrogens with one attached hydrogen (secondary N) is 2. The number of rotatable bonds is 8. The van der Waals surface area contributed by atoms with Gasteiger partial charge in [-0.05, 0) is 50.2 Å². The van der Waals surface area contributed by atoms with E-state index in [4.69, 9.17) is 20.8 Å². The molecule has 5 aromatic rings.